The summed E-state index contributed by atoms with van der Waals surface area (Å²) < 4.78 is 6.10. The van der Waals surface area contributed by atoms with Crippen molar-refractivity contribution in [2.75, 3.05) is 0 Å². The molecule has 0 bridgehead atoms. The highest BCUT2D eigenvalue weighted by Gasteiger charge is 2.10. The van der Waals surface area contributed by atoms with Crippen molar-refractivity contribution >= 4 is 32.7 Å². The summed E-state index contributed by atoms with van der Waals surface area (Å²) in [5.41, 5.74) is 5.69. The van der Waals surface area contributed by atoms with E-state index in [4.69, 9.17) is 4.42 Å². The molecule has 126 valence electrons. The van der Waals surface area contributed by atoms with E-state index in [2.05, 4.69) is 92.7 Å². The fourth-order valence-electron chi connectivity index (χ4n) is 3.70. The van der Waals surface area contributed by atoms with E-state index in [1.165, 1.54) is 38.2 Å². The number of hydrogen-bond donors (Lipinski definition) is 0. The molecule has 0 N–H and O–H groups in total. The average Bonchev–Trinajstić information content (AvgIpc) is 3.04. The molecule has 4 aromatic carbocycles. The van der Waals surface area contributed by atoms with E-state index < -0.39 is 0 Å². The van der Waals surface area contributed by atoms with Crippen molar-refractivity contribution in [3.8, 4) is 11.1 Å². The highest BCUT2D eigenvalue weighted by atomic mass is 16.3. The molecule has 5 aromatic rings. The van der Waals surface area contributed by atoms with Gasteiger partial charge in [-0.25, -0.2) is 0 Å². The Morgan fingerprint density at radius 2 is 1.38 bits per heavy atom. The molecule has 0 atom stereocenters. The topological polar surface area (TPSA) is 13.1 Å². The third-order valence-electron chi connectivity index (χ3n) is 5.24. The van der Waals surface area contributed by atoms with Crippen molar-refractivity contribution in [1.29, 1.82) is 0 Å². The lowest BCUT2D eigenvalue weighted by molar-refractivity contribution is 0.667. The minimum absolute atomic E-state index is 0.501. The lowest BCUT2D eigenvalue weighted by Gasteiger charge is -2.05. The average molecular weight is 336 g/mol. The molecule has 1 heteroatoms. The first-order valence-electron chi connectivity index (χ1n) is 9.14. The van der Waals surface area contributed by atoms with Crippen LogP contribution in [0.1, 0.15) is 25.3 Å². The van der Waals surface area contributed by atoms with Crippen LogP contribution in [0, 0.1) is 0 Å². The molecule has 26 heavy (non-hydrogen) atoms. The van der Waals surface area contributed by atoms with E-state index >= 15 is 0 Å². The predicted molar refractivity (Wildman–Crippen MR) is 111 cm³/mol. The van der Waals surface area contributed by atoms with Gasteiger partial charge in [-0.1, -0.05) is 68.4 Å². The zero-order chi connectivity index (χ0) is 17.7. The van der Waals surface area contributed by atoms with Crippen molar-refractivity contribution in [1.82, 2.24) is 0 Å². The Morgan fingerprint density at radius 3 is 2.23 bits per heavy atom. The number of benzene rings is 4. The Balaban J connectivity index is 1.69. The van der Waals surface area contributed by atoms with E-state index in [0.717, 1.165) is 11.2 Å². The van der Waals surface area contributed by atoms with Crippen molar-refractivity contribution in [3.05, 3.63) is 84.4 Å². The lowest BCUT2D eigenvalue weighted by Crippen LogP contribution is -1.85. The summed E-state index contributed by atoms with van der Waals surface area (Å²) in [6.07, 6.45) is 0. The summed E-state index contributed by atoms with van der Waals surface area (Å²) in [6, 6.07) is 28.2. The Labute approximate surface area is 152 Å². The smallest absolute Gasteiger partial charge is 0.135 e. The van der Waals surface area contributed by atoms with Gasteiger partial charge in [-0.05, 0) is 57.6 Å². The Morgan fingerprint density at radius 1 is 0.615 bits per heavy atom. The van der Waals surface area contributed by atoms with Gasteiger partial charge < -0.3 is 4.42 Å². The first-order valence-corrected chi connectivity index (χ1v) is 9.14. The predicted octanol–water partition coefficient (Wildman–Crippen LogP) is 7.53. The van der Waals surface area contributed by atoms with Gasteiger partial charge in [0.1, 0.15) is 11.2 Å². The Hall–Kier alpha value is -3.06. The third kappa shape index (κ3) is 2.40. The molecule has 0 unspecified atom stereocenters. The zero-order valence-electron chi connectivity index (χ0n) is 15.0. The largest absolute Gasteiger partial charge is 0.456 e. The van der Waals surface area contributed by atoms with Crippen molar-refractivity contribution in [2.24, 2.45) is 0 Å². The SMILES string of the molecule is CC(C)c1ccc2c(c1)oc1ccc(-c3ccc4ccccc4c3)cc12. The van der Waals surface area contributed by atoms with Gasteiger partial charge in [-0.2, -0.15) is 0 Å². The van der Waals surface area contributed by atoms with E-state index in [-0.39, 0.29) is 0 Å². The van der Waals surface area contributed by atoms with Crippen LogP contribution in [0.4, 0.5) is 0 Å². The molecule has 0 aliphatic rings. The van der Waals surface area contributed by atoms with Crippen molar-refractivity contribution < 1.29 is 4.42 Å². The summed E-state index contributed by atoms with van der Waals surface area (Å²) in [4.78, 5) is 0. The second-order valence-corrected chi connectivity index (χ2v) is 7.29. The number of hydrogen-bond acceptors (Lipinski definition) is 1. The van der Waals surface area contributed by atoms with E-state index in [1.807, 2.05) is 0 Å². The first kappa shape index (κ1) is 15.2. The number of furan rings is 1. The number of rotatable bonds is 2. The molecule has 0 radical (unpaired) electrons. The molecule has 0 amide bonds. The standard InChI is InChI=1S/C25H20O/c1-16(2)18-9-11-22-23-14-21(10-12-24(23)26-25(22)15-18)20-8-7-17-5-3-4-6-19(17)13-20/h3-16H,1-2H3. The molecule has 1 nitrogen and oxygen atoms in total. The van der Waals surface area contributed by atoms with Gasteiger partial charge in [0, 0.05) is 10.8 Å². The Kier molecular flexibility index (Phi) is 3.36. The third-order valence-corrected chi connectivity index (χ3v) is 5.24. The highest BCUT2D eigenvalue weighted by Crippen LogP contribution is 2.34. The normalized spacial score (nSPS) is 11.8. The van der Waals surface area contributed by atoms with Crippen LogP contribution in [0.15, 0.2) is 83.3 Å². The minimum atomic E-state index is 0.501. The molecular formula is C25H20O. The van der Waals surface area contributed by atoms with Gasteiger partial charge in [0.15, 0.2) is 0 Å². The van der Waals surface area contributed by atoms with Crippen molar-refractivity contribution in [3.63, 3.8) is 0 Å². The van der Waals surface area contributed by atoms with Crippen molar-refractivity contribution in [2.45, 2.75) is 19.8 Å². The van der Waals surface area contributed by atoms with Crippen LogP contribution in [-0.4, -0.2) is 0 Å². The van der Waals surface area contributed by atoms with Gasteiger partial charge in [0.2, 0.25) is 0 Å². The summed E-state index contributed by atoms with van der Waals surface area (Å²) in [6.45, 7) is 4.42. The van der Waals surface area contributed by atoms with Crippen LogP contribution in [-0.2, 0) is 0 Å². The summed E-state index contributed by atoms with van der Waals surface area (Å²) in [7, 11) is 0. The second kappa shape index (κ2) is 5.74. The van der Waals surface area contributed by atoms with Gasteiger partial charge in [0.05, 0.1) is 0 Å². The molecular weight excluding hydrogens is 316 g/mol. The number of fused-ring (bicyclic) bond motifs is 4. The molecule has 0 saturated carbocycles. The lowest BCUT2D eigenvalue weighted by atomic mass is 9.98. The summed E-state index contributed by atoms with van der Waals surface area (Å²) >= 11 is 0. The molecule has 1 aromatic heterocycles. The van der Waals surface area contributed by atoms with Gasteiger partial charge in [0.25, 0.3) is 0 Å². The maximum atomic E-state index is 6.10. The molecule has 0 aliphatic carbocycles. The van der Waals surface area contributed by atoms with E-state index in [0.29, 0.717) is 5.92 Å². The molecule has 0 fully saturated rings. The van der Waals surface area contributed by atoms with Crippen LogP contribution in [0.2, 0.25) is 0 Å². The second-order valence-electron chi connectivity index (χ2n) is 7.29. The van der Waals surface area contributed by atoms with Crippen LogP contribution < -0.4 is 0 Å². The van der Waals surface area contributed by atoms with Gasteiger partial charge in [-0.3, -0.25) is 0 Å². The zero-order valence-corrected chi connectivity index (χ0v) is 15.0. The van der Waals surface area contributed by atoms with E-state index in [1.54, 1.807) is 0 Å². The highest BCUT2D eigenvalue weighted by molar-refractivity contribution is 6.06. The molecule has 0 aliphatic heterocycles. The summed E-state index contributed by atoms with van der Waals surface area (Å²) in [5, 5.41) is 4.91. The maximum absolute atomic E-state index is 6.10. The van der Waals surface area contributed by atoms with Crippen LogP contribution in [0.25, 0.3) is 43.8 Å². The fourth-order valence-corrected chi connectivity index (χ4v) is 3.70. The van der Waals surface area contributed by atoms with Crippen LogP contribution in [0.5, 0.6) is 0 Å². The van der Waals surface area contributed by atoms with E-state index in [9.17, 15) is 0 Å². The van der Waals surface area contributed by atoms with Crippen LogP contribution in [0.3, 0.4) is 0 Å². The molecule has 5 rings (SSSR count). The van der Waals surface area contributed by atoms with Crippen LogP contribution >= 0.6 is 0 Å². The maximum Gasteiger partial charge on any atom is 0.135 e. The van der Waals surface area contributed by atoms with Gasteiger partial charge >= 0.3 is 0 Å². The Bertz CT molecular complexity index is 1260. The molecule has 1 heterocycles. The fraction of sp³-hybridized carbons (Fsp3) is 0.120. The quantitative estimate of drug-likeness (QED) is 0.325. The molecule has 0 saturated heterocycles. The van der Waals surface area contributed by atoms with Gasteiger partial charge in [-0.15, -0.1) is 0 Å². The first-order chi connectivity index (χ1) is 12.7. The minimum Gasteiger partial charge on any atom is -0.456 e. The molecule has 0 spiro atoms. The summed E-state index contributed by atoms with van der Waals surface area (Å²) in [5.74, 6) is 0.501. The monoisotopic (exact) mass is 336 g/mol.